The molecule has 0 radical (unpaired) electrons. The Morgan fingerprint density at radius 1 is 0.900 bits per heavy atom. The van der Waals surface area contributed by atoms with Crippen molar-refractivity contribution in [3.8, 4) is 0 Å². The fourth-order valence-electron chi connectivity index (χ4n) is 2.63. The van der Waals surface area contributed by atoms with Crippen LogP contribution in [0.2, 0.25) is 0 Å². The van der Waals surface area contributed by atoms with Gasteiger partial charge in [0.05, 0.1) is 0 Å². The SMILES string of the molecule is CCN(c1cccc(N)c1)c1cccc2ccccc12. The summed E-state index contributed by atoms with van der Waals surface area (Å²) in [6, 6.07) is 22.9. The van der Waals surface area contributed by atoms with Crippen LogP contribution in [0.25, 0.3) is 10.8 Å². The third kappa shape index (κ3) is 2.21. The van der Waals surface area contributed by atoms with E-state index in [9.17, 15) is 0 Å². The molecule has 0 aliphatic carbocycles. The van der Waals surface area contributed by atoms with Gasteiger partial charge < -0.3 is 10.6 Å². The minimum atomic E-state index is 0.793. The van der Waals surface area contributed by atoms with Crippen molar-refractivity contribution in [1.82, 2.24) is 0 Å². The maximum absolute atomic E-state index is 5.92. The second kappa shape index (κ2) is 5.25. The average Bonchev–Trinajstić information content (AvgIpc) is 2.48. The van der Waals surface area contributed by atoms with Crippen LogP contribution in [0.4, 0.5) is 17.1 Å². The Labute approximate surface area is 119 Å². The summed E-state index contributed by atoms with van der Waals surface area (Å²) in [6.07, 6.45) is 0. The first-order valence-electron chi connectivity index (χ1n) is 6.90. The monoisotopic (exact) mass is 262 g/mol. The van der Waals surface area contributed by atoms with Gasteiger partial charge in [-0.1, -0.05) is 42.5 Å². The lowest BCUT2D eigenvalue weighted by Crippen LogP contribution is -2.16. The van der Waals surface area contributed by atoms with Crippen LogP contribution >= 0.6 is 0 Å². The second-order valence-electron chi connectivity index (χ2n) is 4.84. The predicted molar refractivity (Wildman–Crippen MR) is 87.5 cm³/mol. The lowest BCUT2D eigenvalue weighted by atomic mass is 10.1. The highest BCUT2D eigenvalue weighted by Crippen LogP contribution is 2.32. The molecular weight excluding hydrogens is 244 g/mol. The van der Waals surface area contributed by atoms with E-state index >= 15 is 0 Å². The van der Waals surface area contributed by atoms with E-state index in [1.807, 2.05) is 18.2 Å². The smallest absolute Gasteiger partial charge is 0.0490 e. The molecule has 2 nitrogen and oxygen atoms in total. The van der Waals surface area contributed by atoms with Crippen molar-refractivity contribution in [3.05, 3.63) is 66.7 Å². The van der Waals surface area contributed by atoms with Gasteiger partial charge >= 0.3 is 0 Å². The van der Waals surface area contributed by atoms with Gasteiger partial charge in [0.15, 0.2) is 0 Å². The zero-order valence-electron chi connectivity index (χ0n) is 11.6. The fraction of sp³-hybridized carbons (Fsp3) is 0.111. The Bertz CT molecular complexity index is 729. The van der Waals surface area contributed by atoms with Crippen LogP contribution in [0.1, 0.15) is 6.92 Å². The number of nitrogens with two attached hydrogens (primary N) is 1. The molecule has 0 heterocycles. The first kappa shape index (κ1) is 12.5. The van der Waals surface area contributed by atoms with E-state index in [-0.39, 0.29) is 0 Å². The number of fused-ring (bicyclic) bond motifs is 1. The van der Waals surface area contributed by atoms with Gasteiger partial charge in [0.25, 0.3) is 0 Å². The van der Waals surface area contributed by atoms with E-state index in [2.05, 4.69) is 60.4 Å². The molecule has 2 N–H and O–H groups in total. The van der Waals surface area contributed by atoms with Crippen LogP contribution in [-0.2, 0) is 0 Å². The van der Waals surface area contributed by atoms with Crippen LogP contribution in [0.5, 0.6) is 0 Å². The third-order valence-electron chi connectivity index (χ3n) is 3.56. The molecule has 20 heavy (non-hydrogen) atoms. The number of benzene rings is 3. The second-order valence-corrected chi connectivity index (χ2v) is 4.84. The van der Waals surface area contributed by atoms with E-state index in [0.717, 1.165) is 17.9 Å². The van der Waals surface area contributed by atoms with Crippen LogP contribution in [0.15, 0.2) is 66.7 Å². The van der Waals surface area contributed by atoms with Crippen molar-refractivity contribution in [3.63, 3.8) is 0 Å². The number of nitrogen functional groups attached to an aromatic ring is 1. The quantitative estimate of drug-likeness (QED) is 0.700. The summed E-state index contributed by atoms with van der Waals surface area (Å²) >= 11 is 0. The van der Waals surface area contributed by atoms with Gasteiger partial charge in [0.2, 0.25) is 0 Å². The van der Waals surface area contributed by atoms with Crippen LogP contribution in [0, 0.1) is 0 Å². The van der Waals surface area contributed by atoms with E-state index < -0.39 is 0 Å². The molecule has 0 unspecified atom stereocenters. The molecule has 3 aromatic carbocycles. The highest BCUT2D eigenvalue weighted by molar-refractivity contribution is 5.96. The Kier molecular flexibility index (Phi) is 3.30. The Balaban J connectivity index is 2.17. The Morgan fingerprint density at radius 3 is 2.45 bits per heavy atom. The Morgan fingerprint density at radius 2 is 1.65 bits per heavy atom. The topological polar surface area (TPSA) is 29.3 Å². The summed E-state index contributed by atoms with van der Waals surface area (Å²) in [4.78, 5) is 2.29. The largest absolute Gasteiger partial charge is 0.399 e. The number of anilines is 3. The summed E-state index contributed by atoms with van der Waals surface area (Å²) < 4.78 is 0. The summed E-state index contributed by atoms with van der Waals surface area (Å²) in [5.74, 6) is 0. The van der Waals surface area contributed by atoms with Gasteiger partial charge in [-0.25, -0.2) is 0 Å². The zero-order chi connectivity index (χ0) is 13.9. The molecule has 0 saturated heterocycles. The lowest BCUT2D eigenvalue weighted by Gasteiger charge is -2.25. The first-order valence-corrected chi connectivity index (χ1v) is 6.90. The van der Waals surface area contributed by atoms with Crippen LogP contribution in [-0.4, -0.2) is 6.54 Å². The molecule has 0 aliphatic heterocycles. The van der Waals surface area contributed by atoms with Crippen molar-refractivity contribution >= 4 is 27.8 Å². The molecule has 3 aromatic rings. The molecule has 2 heteroatoms. The predicted octanol–water partition coefficient (Wildman–Crippen LogP) is 4.58. The molecule has 3 rings (SSSR count). The van der Waals surface area contributed by atoms with Crippen molar-refractivity contribution in [2.45, 2.75) is 6.92 Å². The molecular formula is C18H18N2. The average molecular weight is 262 g/mol. The van der Waals surface area contributed by atoms with Gasteiger partial charge in [-0.2, -0.15) is 0 Å². The summed E-state index contributed by atoms with van der Waals surface area (Å²) in [5.41, 5.74) is 9.06. The zero-order valence-corrected chi connectivity index (χ0v) is 11.6. The van der Waals surface area contributed by atoms with Crippen molar-refractivity contribution in [1.29, 1.82) is 0 Å². The molecule has 0 saturated carbocycles. The minimum absolute atomic E-state index is 0.793. The van der Waals surface area contributed by atoms with Crippen molar-refractivity contribution < 1.29 is 0 Å². The van der Waals surface area contributed by atoms with E-state index in [1.54, 1.807) is 0 Å². The first-order chi connectivity index (χ1) is 9.79. The maximum atomic E-state index is 5.92. The van der Waals surface area contributed by atoms with Gasteiger partial charge in [-0.05, 0) is 36.6 Å². The lowest BCUT2D eigenvalue weighted by molar-refractivity contribution is 1.03. The third-order valence-corrected chi connectivity index (χ3v) is 3.56. The number of nitrogens with zero attached hydrogens (tertiary/aromatic N) is 1. The fourth-order valence-corrected chi connectivity index (χ4v) is 2.63. The molecule has 0 atom stereocenters. The molecule has 0 aromatic heterocycles. The van der Waals surface area contributed by atoms with E-state index in [4.69, 9.17) is 5.73 Å². The van der Waals surface area contributed by atoms with Crippen molar-refractivity contribution in [2.75, 3.05) is 17.2 Å². The summed E-state index contributed by atoms with van der Waals surface area (Å²) in [6.45, 7) is 3.06. The minimum Gasteiger partial charge on any atom is -0.399 e. The van der Waals surface area contributed by atoms with Gasteiger partial charge in [0.1, 0.15) is 0 Å². The summed E-state index contributed by atoms with van der Waals surface area (Å²) in [5, 5.41) is 2.52. The van der Waals surface area contributed by atoms with Crippen LogP contribution in [0.3, 0.4) is 0 Å². The highest BCUT2D eigenvalue weighted by atomic mass is 15.1. The molecule has 0 aliphatic rings. The molecule has 0 spiro atoms. The van der Waals surface area contributed by atoms with E-state index in [0.29, 0.717) is 0 Å². The number of hydrogen-bond acceptors (Lipinski definition) is 2. The van der Waals surface area contributed by atoms with Crippen LogP contribution < -0.4 is 10.6 Å². The molecule has 100 valence electrons. The van der Waals surface area contributed by atoms with Gasteiger partial charge in [0, 0.05) is 29.0 Å². The number of hydrogen-bond donors (Lipinski definition) is 1. The van der Waals surface area contributed by atoms with E-state index in [1.165, 1.54) is 16.5 Å². The normalized spacial score (nSPS) is 10.7. The van der Waals surface area contributed by atoms with Gasteiger partial charge in [-0.15, -0.1) is 0 Å². The molecule has 0 amide bonds. The maximum Gasteiger partial charge on any atom is 0.0490 e. The Hall–Kier alpha value is -2.48. The standard InChI is InChI=1S/C18H18N2/c1-2-20(16-10-6-9-15(19)13-16)18-12-5-8-14-7-3-4-11-17(14)18/h3-13H,2,19H2,1H3. The molecule has 0 fully saturated rings. The number of rotatable bonds is 3. The van der Waals surface area contributed by atoms with Gasteiger partial charge in [-0.3, -0.25) is 0 Å². The van der Waals surface area contributed by atoms with Crippen molar-refractivity contribution in [2.24, 2.45) is 0 Å². The summed E-state index contributed by atoms with van der Waals surface area (Å²) in [7, 11) is 0. The highest BCUT2D eigenvalue weighted by Gasteiger charge is 2.10. The molecule has 0 bridgehead atoms.